The van der Waals surface area contributed by atoms with Crippen LogP contribution in [0.1, 0.15) is 0 Å². The van der Waals surface area contributed by atoms with Crippen molar-refractivity contribution >= 4 is 18.1 Å². The molecule has 0 fully saturated rings. The largest absolute Gasteiger partial charge is 0.413 e. The van der Waals surface area contributed by atoms with Crippen LogP contribution >= 0.6 is 12.2 Å². The Hall–Kier alpha value is -0.640. The smallest absolute Gasteiger partial charge is 0.177 e. The van der Waals surface area contributed by atoms with Crippen LogP contribution in [0.25, 0.3) is 0 Å². The van der Waals surface area contributed by atoms with Crippen LogP contribution in [0.4, 0.5) is 0 Å². The summed E-state index contributed by atoms with van der Waals surface area (Å²) in [5.74, 6) is 0.372. The van der Waals surface area contributed by atoms with Crippen molar-refractivity contribution in [2.45, 2.75) is 0 Å². The molecule has 7 heavy (non-hydrogen) atoms. The maximum Gasteiger partial charge on any atom is 0.177 e. The number of nitrogens with one attached hydrogen (secondary N) is 2. The van der Waals surface area contributed by atoms with Crippen molar-refractivity contribution in [2.24, 2.45) is 0 Å². The average molecular weight is 116 g/mol. The van der Waals surface area contributed by atoms with Gasteiger partial charge in [0.15, 0.2) is 12.2 Å². The standard InChI is InChI=1S/C3H4N2OS/c4-3-1-2-6-7-5-3/h1-2H,(H2,4,5). The van der Waals surface area contributed by atoms with Crippen LogP contribution < -0.4 is 4.72 Å². The van der Waals surface area contributed by atoms with E-state index in [-0.39, 0.29) is 0 Å². The normalized spacial score (nSPS) is 18.0. The summed E-state index contributed by atoms with van der Waals surface area (Å²) in [5.41, 5.74) is 0. The maximum atomic E-state index is 6.89. The van der Waals surface area contributed by atoms with Crippen LogP contribution in [-0.2, 0) is 4.18 Å². The molecule has 0 aliphatic carbocycles. The average Bonchev–Trinajstić information content (AvgIpc) is 1.69. The van der Waals surface area contributed by atoms with Crippen molar-refractivity contribution in [3.8, 4) is 0 Å². The van der Waals surface area contributed by atoms with Gasteiger partial charge in [-0.05, 0) is 0 Å². The van der Waals surface area contributed by atoms with Crippen molar-refractivity contribution in [3.05, 3.63) is 12.3 Å². The second-order valence-electron chi connectivity index (χ2n) is 0.998. The van der Waals surface area contributed by atoms with E-state index in [1.54, 1.807) is 0 Å². The van der Waals surface area contributed by atoms with Gasteiger partial charge in [-0.3, -0.25) is 10.1 Å². The molecule has 1 heterocycles. The first-order valence-corrected chi connectivity index (χ1v) is 2.47. The molecule has 0 bridgehead atoms. The minimum absolute atomic E-state index is 0.372. The fourth-order valence-electron chi connectivity index (χ4n) is 0.227. The van der Waals surface area contributed by atoms with Gasteiger partial charge >= 0.3 is 0 Å². The van der Waals surface area contributed by atoms with Crippen molar-refractivity contribution in [1.82, 2.24) is 4.72 Å². The molecule has 0 amide bonds. The van der Waals surface area contributed by atoms with Gasteiger partial charge in [0.1, 0.15) is 12.1 Å². The molecule has 4 heteroatoms. The molecule has 0 radical (unpaired) electrons. The van der Waals surface area contributed by atoms with E-state index in [4.69, 9.17) is 5.41 Å². The van der Waals surface area contributed by atoms with Gasteiger partial charge in [0, 0.05) is 6.08 Å². The Bertz CT molecular complexity index is 112. The Morgan fingerprint density at radius 3 is 3.00 bits per heavy atom. The highest BCUT2D eigenvalue weighted by molar-refractivity contribution is 7.93. The molecular weight excluding hydrogens is 112 g/mol. The Kier molecular flexibility index (Phi) is 1.21. The van der Waals surface area contributed by atoms with Gasteiger partial charge in [-0.15, -0.1) is 0 Å². The zero-order chi connectivity index (χ0) is 5.11. The zero-order valence-electron chi connectivity index (χ0n) is 3.47. The molecule has 0 aromatic rings. The van der Waals surface area contributed by atoms with Gasteiger partial charge in [-0.25, -0.2) is 0 Å². The SMILES string of the molecule is N=C1C=COSN1. The summed E-state index contributed by atoms with van der Waals surface area (Å²) in [6, 6.07) is 0. The van der Waals surface area contributed by atoms with Crippen LogP contribution in [0.2, 0.25) is 0 Å². The summed E-state index contributed by atoms with van der Waals surface area (Å²) < 4.78 is 7.20. The van der Waals surface area contributed by atoms with Crippen LogP contribution in [0.15, 0.2) is 12.3 Å². The minimum atomic E-state index is 0.372. The number of hydrogen-bond acceptors (Lipinski definition) is 3. The van der Waals surface area contributed by atoms with E-state index < -0.39 is 0 Å². The van der Waals surface area contributed by atoms with Crippen LogP contribution in [-0.4, -0.2) is 5.84 Å². The van der Waals surface area contributed by atoms with Gasteiger partial charge < -0.3 is 4.18 Å². The first-order valence-electron chi connectivity index (χ1n) is 1.73. The summed E-state index contributed by atoms with van der Waals surface area (Å²) in [6.07, 6.45) is 3.00. The Morgan fingerprint density at radius 2 is 2.71 bits per heavy atom. The van der Waals surface area contributed by atoms with Gasteiger partial charge in [0.05, 0.1) is 0 Å². The predicted molar refractivity (Wildman–Crippen MR) is 28.7 cm³/mol. The molecule has 0 saturated carbocycles. The number of amidine groups is 1. The second kappa shape index (κ2) is 1.88. The molecule has 1 aliphatic heterocycles. The molecule has 0 aromatic heterocycles. The molecule has 0 saturated heterocycles. The van der Waals surface area contributed by atoms with Crippen molar-refractivity contribution in [1.29, 1.82) is 5.41 Å². The van der Waals surface area contributed by atoms with Crippen molar-refractivity contribution in [2.75, 3.05) is 0 Å². The van der Waals surface area contributed by atoms with E-state index in [0.29, 0.717) is 5.84 Å². The second-order valence-corrected chi connectivity index (χ2v) is 1.56. The molecular formula is C3H4N2OS. The lowest BCUT2D eigenvalue weighted by atomic mass is 10.6. The van der Waals surface area contributed by atoms with Gasteiger partial charge in [0.25, 0.3) is 0 Å². The molecule has 2 N–H and O–H groups in total. The summed E-state index contributed by atoms with van der Waals surface area (Å²) in [6.45, 7) is 0. The van der Waals surface area contributed by atoms with E-state index in [2.05, 4.69) is 8.91 Å². The summed E-state index contributed by atoms with van der Waals surface area (Å²) in [7, 11) is 0. The molecule has 0 atom stereocenters. The summed E-state index contributed by atoms with van der Waals surface area (Å²) in [5, 5.41) is 6.89. The fourth-order valence-corrected chi connectivity index (χ4v) is 0.544. The van der Waals surface area contributed by atoms with E-state index in [1.807, 2.05) is 0 Å². The quantitative estimate of drug-likeness (QED) is 0.361. The molecule has 38 valence electrons. The van der Waals surface area contributed by atoms with Crippen molar-refractivity contribution in [3.63, 3.8) is 0 Å². The lowest BCUT2D eigenvalue weighted by Crippen LogP contribution is -2.14. The third-order valence-electron chi connectivity index (χ3n) is 0.490. The molecule has 1 aliphatic rings. The predicted octanol–water partition coefficient (Wildman–Crippen LogP) is 0.660. The Morgan fingerprint density at radius 1 is 1.86 bits per heavy atom. The molecule has 0 spiro atoms. The van der Waals surface area contributed by atoms with E-state index in [0.717, 1.165) is 12.2 Å². The lowest BCUT2D eigenvalue weighted by molar-refractivity contribution is 0.559. The third kappa shape index (κ3) is 1.12. The monoisotopic (exact) mass is 116 g/mol. The Labute approximate surface area is 45.6 Å². The van der Waals surface area contributed by atoms with Gasteiger partial charge in [-0.1, -0.05) is 0 Å². The third-order valence-corrected chi connectivity index (χ3v) is 1.00. The van der Waals surface area contributed by atoms with Crippen LogP contribution in [0, 0.1) is 5.41 Å². The zero-order valence-corrected chi connectivity index (χ0v) is 4.29. The maximum absolute atomic E-state index is 6.89. The van der Waals surface area contributed by atoms with Crippen molar-refractivity contribution < 1.29 is 4.18 Å². The van der Waals surface area contributed by atoms with Crippen LogP contribution in [0.5, 0.6) is 0 Å². The summed E-state index contributed by atoms with van der Waals surface area (Å²) in [4.78, 5) is 0. The number of rotatable bonds is 0. The topological polar surface area (TPSA) is 45.1 Å². The van der Waals surface area contributed by atoms with E-state index in [1.165, 1.54) is 12.3 Å². The molecule has 3 nitrogen and oxygen atoms in total. The fraction of sp³-hybridized carbons (Fsp3) is 0. The highest BCUT2D eigenvalue weighted by atomic mass is 32.2. The van der Waals surface area contributed by atoms with Gasteiger partial charge in [-0.2, -0.15) is 0 Å². The molecule has 0 aromatic carbocycles. The van der Waals surface area contributed by atoms with Crippen LogP contribution in [0.3, 0.4) is 0 Å². The molecule has 0 unspecified atom stereocenters. The Balaban J connectivity index is 2.51. The first kappa shape index (κ1) is 4.52. The highest BCUT2D eigenvalue weighted by Crippen LogP contribution is 2.01. The minimum Gasteiger partial charge on any atom is -0.413 e. The van der Waals surface area contributed by atoms with E-state index >= 15 is 0 Å². The lowest BCUT2D eigenvalue weighted by Gasteiger charge is -2.04. The van der Waals surface area contributed by atoms with E-state index in [9.17, 15) is 0 Å². The first-order chi connectivity index (χ1) is 3.39. The van der Waals surface area contributed by atoms with Gasteiger partial charge in [0.2, 0.25) is 0 Å². The molecule has 1 rings (SSSR count). The summed E-state index contributed by atoms with van der Waals surface area (Å²) >= 11 is 1.04. The highest BCUT2D eigenvalue weighted by Gasteiger charge is 1.94. The number of hydrogen-bond donors (Lipinski definition) is 2.